The van der Waals surface area contributed by atoms with Crippen molar-refractivity contribution in [2.75, 3.05) is 0 Å². The van der Waals surface area contributed by atoms with E-state index < -0.39 is 20.8 Å². The van der Waals surface area contributed by atoms with Crippen molar-refractivity contribution in [2.24, 2.45) is 5.92 Å². The summed E-state index contributed by atoms with van der Waals surface area (Å²) in [5, 5.41) is 2.78. The molecular formula is C14H17ClFNO3S. The van der Waals surface area contributed by atoms with Gasteiger partial charge in [0.2, 0.25) is 0 Å². The normalized spacial score (nSPS) is 17.7. The van der Waals surface area contributed by atoms with Gasteiger partial charge in [-0.05, 0) is 43.9 Å². The van der Waals surface area contributed by atoms with Gasteiger partial charge in [0.05, 0.1) is 10.5 Å². The molecule has 1 amide bonds. The van der Waals surface area contributed by atoms with Gasteiger partial charge in [-0.25, -0.2) is 12.8 Å². The van der Waals surface area contributed by atoms with Gasteiger partial charge in [0, 0.05) is 16.7 Å². The van der Waals surface area contributed by atoms with Crippen LogP contribution >= 0.6 is 10.7 Å². The van der Waals surface area contributed by atoms with Crippen LogP contribution in [0.5, 0.6) is 0 Å². The number of nitrogens with one attached hydrogen (secondary N) is 1. The van der Waals surface area contributed by atoms with Crippen LogP contribution in [0.2, 0.25) is 0 Å². The van der Waals surface area contributed by atoms with Crippen LogP contribution in [0.25, 0.3) is 0 Å². The topological polar surface area (TPSA) is 63.2 Å². The van der Waals surface area contributed by atoms with Crippen molar-refractivity contribution in [2.45, 2.75) is 43.5 Å². The monoisotopic (exact) mass is 333 g/mol. The highest BCUT2D eigenvalue weighted by Gasteiger charge is 2.24. The third-order valence-electron chi connectivity index (χ3n) is 3.93. The fourth-order valence-electron chi connectivity index (χ4n) is 2.69. The van der Waals surface area contributed by atoms with E-state index in [0.717, 1.165) is 43.9 Å². The highest BCUT2D eigenvalue weighted by Crippen LogP contribution is 2.27. The maximum atomic E-state index is 13.9. The maximum Gasteiger partial charge on any atom is 0.261 e. The highest BCUT2D eigenvalue weighted by atomic mass is 35.7. The first-order chi connectivity index (χ1) is 9.79. The predicted octanol–water partition coefficient (Wildman–Crippen LogP) is 3.06. The molecule has 1 unspecified atom stereocenters. The molecule has 7 heteroatoms. The third-order valence-corrected chi connectivity index (χ3v) is 5.28. The van der Waals surface area contributed by atoms with Gasteiger partial charge in [-0.15, -0.1) is 0 Å². The van der Waals surface area contributed by atoms with Gasteiger partial charge in [-0.3, -0.25) is 4.79 Å². The van der Waals surface area contributed by atoms with Gasteiger partial charge in [0.1, 0.15) is 5.82 Å². The Morgan fingerprint density at radius 2 is 2.00 bits per heavy atom. The van der Waals surface area contributed by atoms with Gasteiger partial charge in [0.15, 0.2) is 0 Å². The molecule has 1 aromatic rings. The Labute approximate surface area is 128 Å². The van der Waals surface area contributed by atoms with Gasteiger partial charge in [-0.1, -0.05) is 12.8 Å². The molecule has 0 bridgehead atoms. The summed E-state index contributed by atoms with van der Waals surface area (Å²) < 4.78 is 36.1. The average Bonchev–Trinajstić information content (AvgIpc) is 2.91. The number of carbonyl (C=O) groups is 1. The standard InChI is InChI=1S/C14H17ClFNO3S/c1-9(10-4-2-3-5-10)17-14(18)12-7-6-11(8-13(12)16)21(15,19)20/h6-10H,2-5H2,1H3,(H,17,18). The molecular weight excluding hydrogens is 317 g/mol. The molecule has 21 heavy (non-hydrogen) atoms. The summed E-state index contributed by atoms with van der Waals surface area (Å²) >= 11 is 0. The molecule has 1 fully saturated rings. The van der Waals surface area contributed by atoms with Crippen molar-refractivity contribution >= 4 is 25.6 Å². The van der Waals surface area contributed by atoms with Crippen molar-refractivity contribution in [3.05, 3.63) is 29.6 Å². The highest BCUT2D eigenvalue weighted by molar-refractivity contribution is 8.13. The molecule has 1 N–H and O–H groups in total. The number of hydrogen-bond acceptors (Lipinski definition) is 3. The SMILES string of the molecule is CC(NC(=O)c1ccc(S(=O)(=O)Cl)cc1F)C1CCCC1. The lowest BCUT2D eigenvalue weighted by atomic mass is 9.99. The Morgan fingerprint density at radius 3 is 2.52 bits per heavy atom. The Morgan fingerprint density at radius 1 is 1.38 bits per heavy atom. The summed E-state index contributed by atoms with van der Waals surface area (Å²) in [6.45, 7) is 1.91. The number of carbonyl (C=O) groups excluding carboxylic acids is 1. The summed E-state index contributed by atoms with van der Waals surface area (Å²) in [6.07, 6.45) is 4.43. The number of benzene rings is 1. The van der Waals surface area contributed by atoms with E-state index in [0.29, 0.717) is 5.92 Å². The minimum Gasteiger partial charge on any atom is -0.349 e. The molecule has 1 aromatic carbocycles. The molecule has 0 aliphatic heterocycles. The number of hydrogen-bond donors (Lipinski definition) is 1. The fourth-order valence-corrected chi connectivity index (χ4v) is 3.45. The first kappa shape index (κ1) is 16.2. The van der Waals surface area contributed by atoms with Gasteiger partial charge in [-0.2, -0.15) is 0 Å². The quantitative estimate of drug-likeness (QED) is 0.861. The Kier molecular flexibility index (Phi) is 4.88. The van der Waals surface area contributed by atoms with E-state index >= 15 is 0 Å². The molecule has 1 atom stereocenters. The summed E-state index contributed by atoms with van der Waals surface area (Å²) in [5.41, 5.74) is -0.177. The van der Waals surface area contributed by atoms with Gasteiger partial charge >= 0.3 is 0 Å². The zero-order valence-electron chi connectivity index (χ0n) is 11.6. The second-order valence-corrected chi connectivity index (χ2v) is 7.95. The molecule has 2 rings (SSSR count). The zero-order valence-corrected chi connectivity index (χ0v) is 13.2. The molecule has 0 spiro atoms. The van der Waals surface area contributed by atoms with Crippen LogP contribution in [0.15, 0.2) is 23.1 Å². The molecule has 0 aromatic heterocycles. The number of halogens is 2. The van der Waals surface area contributed by atoms with Crippen molar-refractivity contribution < 1.29 is 17.6 Å². The van der Waals surface area contributed by atoms with Crippen molar-refractivity contribution in [1.29, 1.82) is 0 Å². The predicted molar refractivity (Wildman–Crippen MR) is 78.3 cm³/mol. The van der Waals surface area contributed by atoms with Crippen LogP contribution in [-0.2, 0) is 9.05 Å². The van der Waals surface area contributed by atoms with Crippen LogP contribution in [0.3, 0.4) is 0 Å². The maximum absolute atomic E-state index is 13.9. The van der Waals surface area contributed by atoms with E-state index in [4.69, 9.17) is 10.7 Å². The summed E-state index contributed by atoms with van der Waals surface area (Å²) in [5.74, 6) is -1.02. The smallest absolute Gasteiger partial charge is 0.261 e. The lowest BCUT2D eigenvalue weighted by Gasteiger charge is -2.20. The largest absolute Gasteiger partial charge is 0.349 e. The van der Waals surface area contributed by atoms with E-state index in [1.54, 1.807) is 0 Å². The Hall–Kier alpha value is -1.14. The van der Waals surface area contributed by atoms with Crippen LogP contribution in [0.4, 0.5) is 4.39 Å². The summed E-state index contributed by atoms with van der Waals surface area (Å²) in [4.78, 5) is 11.7. The second-order valence-electron chi connectivity index (χ2n) is 5.39. The minimum atomic E-state index is -4.00. The first-order valence-corrected chi connectivity index (χ1v) is 9.15. The van der Waals surface area contributed by atoms with Crippen LogP contribution < -0.4 is 5.32 Å². The van der Waals surface area contributed by atoms with Crippen LogP contribution in [0, 0.1) is 11.7 Å². The third kappa shape index (κ3) is 3.95. The second kappa shape index (κ2) is 6.32. The molecule has 1 aliphatic rings. The van der Waals surface area contributed by atoms with Gasteiger partial charge < -0.3 is 5.32 Å². The molecule has 1 aliphatic carbocycles. The fraction of sp³-hybridized carbons (Fsp3) is 0.500. The molecule has 116 valence electrons. The molecule has 0 saturated heterocycles. The lowest BCUT2D eigenvalue weighted by Crippen LogP contribution is -2.37. The number of amides is 1. The minimum absolute atomic E-state index is 0.0316. The first-order valence-electron chi connectivity index (χ1n) is 6.84. The Balaban J connectivity index is 2.12. The van der Waals surface area contributed by atoms with Crippen molar-refractivity contribution in [3.8, 4) is 0 Å². The lowest BCUT2D eigenvalue weighted by molar-refractivity contribution is 0.0923. The zero-order chi connectivity index (χ0) is 15.6. The average molecular weight is 334 g/mol. The summed E-state index contributed by atoms with van der Waals surface area (Å²) in [7, 11) is 1.13. The summed E-state index contributed by atoms with van der Waals surface area (Å²) in [6, 6.07) is 3.00. The molecule has 0 radical (unpaired) electrons. The van der Waals surface area contributed by atoms with E-state index in [1.807, 2.05) is 6.92 Å². The van der Waals surface area contributed by atoms with E-state index in [1.165, 1.54) is 0 Å². The Bertz CT molecular complexity index is 642. The van der Waals surface area contributed by atoms with Crippen molar-refractivity contribution in [3.63, 3.8) is 0 Å². The van der Waals surface area contributed by atoms with E-state index in [2.05, 4.69) is 5.32 Å². The molecule has 0 heterocycles. The van der Waals surface area contributed by atoms with E-state index in [9.17, 15) is 17.6 Å². The van der Waals surface area contributed by atoms with Gasteiger partial charge in [0.25, 0.3) is 15.0 Å². The number of rotatable bonds is 4. The van der Waals surface area contributed by atoms with Crippen LogP contribution in [-0.4, -0.2) is 20.4 Å². The van der Waals surface area contributed by atoms with E-state index in [-0.39, 0.29) is 16.5 Å². The molecule has 4 nitrogen and oxygen atoms in total. The molecule has 1 saturated carbocycles. The van der Waals surface area contributed by atoms with Crippen LogP contribution in [0.1, 0.15) is 43.0 Å². The van der Waals surface area contributed by atoms with Crippen molar-refractivity contribution in [1.82, 2.24) is 5.32 Å².